The van der Waals surface area contributed by atoms with Crippen molar-refractivity contribution >= 4 is 23.7 Å². The van der Waals surface area contributed by atoms with E-state index in [1.807, 2.05) is 10.8 Å². The van der Waals surface area contributed by atoms with E-state index in [4.69, 9.17) is 11.6 Å². The molecule has 0 amide bonds. The number of rotatable bonds is 7. The van der Waals surface area contributed by atoms with Crippen LogP contribution in [0.15, 0.2) is 25.0 Å². The number of hydrogen-bond acceptors (Lipinski definition) is 5. The molecule has 2 heterocycles. The molecule has 19 heavy (non-hydrogen) atoms. The maximum absolute atomic E-state index is 10.9. The van der Waals surface area contributed by atoms with E-state index >= 15 is 0 Å². The summed E-state index contributed by atoms with van der Waals surface area (Å²) in [7, 11) is 0. The Kier molecular flexibility index (Phi) is 4.85. The molecular formula is C12H14ClN5O. The molecule has 0 unspecified atom stereocenters. The fraction of sp³-hybridized carbons (Fsp3) is 0.333. The average molecular weight is 280 g/mol. The molecular weight excluding hydrogens is 266 g/mol. The molecule has 0 aliphatic rings. The second kappa shape index (κ2) is 6.84. The van der Waals surface area contributed by atoms with Gasteiger partial charge in [-0.1, -0.05) is 11.6 Å². The number of carbonyl (C=O) groups is 1. The van der Waals surface area contributed by atoms with Gasteiger partial charge in [0.15, 0.2) is 6.29 Å². The Morgan fingerprint density at radius 3 is 3.00 bits per heavy atom. The molecule has 7 heteroatoms. The smallest absolute Gasteiger partial charge is 0.156 e. The Morgan fingerprint density at radius 2 is 2.26 bits per heavy atom. The number of aldehydes is 1. The molecule has 0 aliphatic carbocycles. The third kappa shape index (κ3) is 3.75. The number of hydrogen-bond donors (Lipinski definition) is 1. The lowest BCUT2D eigenvalue weighted by molar-refractivity contribution is 0.112. The average Bonchev–Trinajstić information content (AvgIpc) is 2.92. The lowest BCUT2D eigenvalue weighted by Crippen LogP contribution is -2.08. The molecule has 0 bridgehead atoms. The van der Waals surface area contributed by atoms with E-state index < -0.39 is 0 Å². The van der Waals surface area contributed by atoms with Crippen LogP contribution < -0.4 is 5.32 Å². The molecule has 1 N–H and O–H groups in total. The third-order valence-corrected chi connectivity index (χ3v) is 2.95. The Morgan fingerprint density at radius 1 is 1.37 bits per heavy atom. The van der Waals surface area contributed by atoms with Crippen LogP contribution in [0.5, 0.6) is 0 Å². The largest absolute Gasteiger partial charge is 0.369 e. The number of nitrogens with one attached hydrogen (secondary N) is 1. The molecule has 0 aromatic carbocycles. The molecule has 2 aromatic rings. The van der Waals surface area contributed by atoms with Crippen LogP contribution in [0.25, 0.3) is 0 Å². The molecule has 0 radical (unpaired) electrons. The van der Waals surface area contributed by atoms with Gasteiger partial charge >= 0.3 is 0 Å². The Hall–Kier alpha value is -1.95. The zero-order chi connectivity index (χ0) is 13.5. The first-order valence-corrected chi connectivity index (χ1v) is 6.34. The highest BCUT2D eigenvalue weighted by Gasteiger charge is 2.07. The van der Waals surface area contributed by atoms with Crippen LogP contribution in [0.2, 0.25) is 5.15 Å². The minimum Gasteiger partial charge on any atom is -0.369 e. The fourth-order valence-electron chi connectivity index (χ4n) is 1.66. The molecule has 0 spiro atoms. The normalized spacial score (nSPS) is 10.4. The highest BCUT2D eigenvalue weighted by molar-refractivity contribution is 6.32. The van der Waals surface area contributed by atoms with Gasteiger partial charge in [0.1, 0.15) is 17.3 Å². The van der Waals surface area contributed by atoms with Crippen molar-refractivity contribution < 1.29 is 4.79 Å². The van der Waals surface area contributed by atoms with E-state index in [-0.39, 0.29) is 5.15 Å². The zero-order valence-electron chi connectivity index (χ0n) is 10.3. The van der Waals surface area contributed by atoms with Crippen molar-refractivity contribution in [2.75, 3.05) is 11.9 Å². The molecule has 0 atom stereocenters. The van der Waals surface area contributed by atoms with Crippen molar-refractivity contribution in [2.45, 2.75) is 19.4 Å². The van der Waals surface area contributed by atoms with Crippen molar-refractivity contribution in [2.24, 2.45) is 0 Å². The first-order chi connectivity index (χ1) is 9.31. The van der Waals surface area contributed by atoms with E-state index in [9.17, 15) is 4.79 Å². The third-order valence-electron chi connectivity index (χ3n) is 2.65. The molecule has 0 fully saturated rings. The first-order valence-electron chi connectivity index (χ1n) is 5.96. The topological polar surface area (TPSA) is 72.7 Å². The van der Waals surface area contributed by atoms with E-state index in [1.54, 1.807) is 12.5 Å². The van der Waals surface area contributed by atoms with Gasteiger partial charge in [-0.05, 0) is 12.8 Å². The predicted molar refractivity (Wildman–Crippen MR) is 72.4 cm³/mol. The maximum atomic E-state index is 10.9. The summed E-state index contributed by atoms with van der Waals surface area (Å²) in [6.45, 7) is 1.65. The Labute approximate surface area is 115 Å². The second-order valence-electron chi connectivity index (χ2n) is 3.98. The predicted octanol–water partition coefficient (Wildman–Crippen LogP) is 2.03. The van der Waals surface area contributed by atoms with Crippen LogP contribution in [0.3, 0.4) is 0 Å². The molecule has 2 aromatic heterocycles. The summed E-state index contributed by atoms with van der Waals surface area (Å²) >= 11 is 5.80. The van der Waals surface area contributed by atoms with Gasteiger partial charge in [-0.3, -0.25) is 4.79 Å². The minimum absolute atomic E-state index is 0.172. The van der Waals surface area contributed by atoms with Crippen LogP contribution in [0, 0.1) is 0 Å². The Balaban J connectivity index is 1.76. The first kappa shape index (κ1) is 13.5. The van der Waals surface area contributed by atoms with E-state index in [1.165, 1.54) is 6.33 Å². The van der Waals surface area contributed by atoms with Crippen molar-refractivity contribution in [1.29, 1.82) is 0 Å². The van der Waals surface area contributed by atoms with Crippen molar-refractivity contribution in [3.05, 3.63) is 35.8 Å². The van der Waals surface area contributed by atoms with Crippen LogP contribution in [0.1, 0.15) is 23.2 Å². The second-order valence-corrected chi connectivity index (χ2v) is 4.34. The fourth-order valence-corrected chi connectivity index (χ4v) is 1.84. The SMILES string of the molecule is O=Cc1c(Cl)ncnc1NCCCCn1ccnc1. The lowest BCUT2D eigenvalue weighted by Gasteiger charge is -2.08. The number of unbranched alkanes of at least 4 members (excludes halogenated alkanes) is 1. The summed E-state index contributed by atoms with van der Waals surface area (Å²) < 4.78 is 2.03. The summed E-state index contributed by atoms with van der Waals surface area (Å²) in [4.78, 5) is 22.6. The van der Waals surface area contributed by atoms with Crippen LogP contribution >= 0.6 is 11.6 Å². The van der Waals surface area contributed by atoms with E-state index in [0.717, 1.165) is 25.9 Å². The number of anilines is 1. The highest BCUT2D eigenvalue weighted by Crippen LogP contribution is 2.17. The number of aromatic nitrogens is 4. The number of imidazole rings is 1. The number of carbonyl (C=O) groups excluding carboxylic acids is 1. The van der Waals surface area contributed by atoms with Crippen molar-refractivity contribution in [3.63, 3.8) is 0 Å². The van der Waals surface area contributed by atoms with Gasteiger partial charge in [-0.15, -0.1) is 0 Å². The Bertz CT molecular complexity index is 529. The summed E-state index contributed by atoms with van der Waals surface area (Å²) in [6.07, 6.45) is 9.46. The van der Waals surface area contributed by atoms with Gasteiger partial charge in [-0.25, -0.2) is 15.0 Å². The molecule has 2 rings (SSSR count). The summed E-state index contributed by atoms with van der Waals surface area (Å²) in [5.41, 5.74) is 0.304. The zero-order valence-corrected chi connectivity index (χ0v) is 11.0. The van der Waals surface area contributed by atoms with Crippen LogP contribution in [0.4, 0.5) is 5.82 Å². The van der Waals surface area contributed by atoms with E-state index in [0.29, 0.717) is 17.7 Å². The van der Waals surface area contributed by atoms with E-state index in [2.05, 4.69) is 20.3 Å². The summed E-state index contributed by atoms with van der Waals surface area (Å²) in [5, 5.41) is 3.27. The minimum atomic E-state index is 0.172. The molecule has 0 saturated heterocycles. The van der Waals surface area contributed by atoms with Crippen LogP contribution in [-0.4, -0.2) is 32.3 Å². The monoisotopic (exact) mass is 279 g/mol. The summed E-state index contributed by atoms with van der Waals surface area (Å²) in [5.74, 6) is 0.484. The quantitative estimate of drug-likeness (QED) is 0.477. The van der Waals surface area contributed by atoms with Crippen LogP contribution in [-0.2, 0) is 6.54 Å². The molecule has 0 aliphatic heterocycles. The number of halogens is 1. The van der Waals surface area contributed by atoms with Gasteiger partial charge in [0.25, 0.3) is 0 Å². The van der Waals surface area contributed by atoms with Crippen molar-refractivity contribution in [1.82, 2.24) is 19.5 Å². The summed E-state index contributed by atoms with van der Waals surface area (Å²) in [6, 6.07) is 0. The number of aryl methyl sites for hydroxylation is 1. The lowest BCUT2D eigenvalue weighted by atomic mass is 10.3. The van der Waals surface area contributed by atoms with Crippen molar-refractivity contribution in [3.8, 4) is 0 Å². The molecule has 6 nitrogen and oxygen atoms in total. The molecule has 100 valence electrons. The van der Waals surface area contributed by atoms with Gasteiger partial charge < -0.3 is 9.88 Å². The standard InChI is InChI=1S/C12H14ClN5O/c13-11-10(7-19)12(17-8-16-11)15-3-1-2-5-18-6-4-14-9-18/h4,6-9H,1-3,5H2,(H,15,16,17). The van der Waals surface area contributed by atoms with Gasteiger partial charge in [0.2, 0.25) is 0 Å². The van der Waals surface area contributed by atoms with Gasteiger partial charge in [0, 0.05) is 25.5 Å². The maximum Gasteiger partial charge on any atom is 0.156 e. The highest BCUT2D eigenvalue weighted by atomic mass is 35.5. The van der Waals surface area contributed by atoms with Gasteiger partial charge in [-0.2, -0.15) is 0 Å². The van der Waals surface area contributed by atoms with Gasteiger partial charge in [0.05, 0.1) is 11.9 Å². The molecule has 0 saturated carbocycles. The number of nitrogens with zero attached hydrogens (tertiary/aromatic N) is 4.